The normalized spacial score (nSPS) is 12.7. The Morgan fingerprint density at radius 3 is 2.85 bits per heavy atom. The summed E-state index contributed by atoms with van der Waals surface area (Å²) in [4.78, 5) is 0. The number of aromatic nitrogens is 2. The van der Waals surface area contributed by atoms with Gasteiger partial charge in [0.25, 0.3) is 0 Å². The standard InChI is InChI=1S/C14H17F2N3O/c1-2-19-9-10(8-18-19)6-13(17)11-4-3-5-12(7-11)20-14(15)16/h3-5,7-9,13-14H,2,6,17H2,1H3. The number of hydrogen-bond donors (Lipinski definition) is 1. The van der Waals surface area contributed by atoms with Crippen LogP contribution in [0.1, 0.15) is 24.1 Å². The minimum absolute atomic E-state index is 0.122. The monoisotopic (exact) mass is 281 g/mol. The third-order valence-electron chi connectivity index (χ3n) is 2.98. The molecule has 0 amide bonds. The second-order valence-corrected chi connectivity index (χ2v) is 4.47. The maximum Gasteiger partial charge on any atom is 0.387 e. The molecule has 2 rings (SSSR count). The highest BCUT2D eigenvalue weighted by molar-refractivity contribution is 5.31. The molecule has 0 aliphatic heterocycles. The van der Waals surface area contributed by atoms with Gasteiger partial charge in [0.2, 0.25) is 0 Å². The molecular weight excluding hydrogens is 264 g/mol. The molecule has 0 bridgehead atoms. The molecule has 6 heteroatoms. The largest absolute Gasteiger partial charge is 0.435 e. The highest BCUT2D eigenvalue weighted by Crippen LogP contribution is 2.22. The summed E-state index contributed by atoms with van der Waals surface area (Å²) in [7, 11) is 0. The van der Waals surface area contributed by atoms with Gasteiger partial charge in [0.15, 0.2) is 0 Å². The average Bonchev–Trinajstić information content (AvgIpc) is 2.86. The van der Waals surface area contributed by atoms with Crippen molar-refractivity contribution in [2.45, 2.75) is 32.5 Å². The van der Waals surface area contributed by atoms with E-state index >= 15 is 0 Å². The molecule has 1 aromatic heterocycles. The van der Waals surface area contributed by atoms with Gasteiger partial charge >= 0.3 is 6.61 Å². The highest BCUT2D eigenvalue weighted by Gasteiger charge is 2.11. The summed E-state index contributed by atoms with van der Waals surface area (Å²) >= 11 is 0. The van der Waals surface area contributed by atoms with E-state index in [0.29, 0.717) is 6.42 Å². The Morgan fingerprint density at radius 1 is 1.40 bits per heavy atom. The van der Waals surface area contributed by atoms with E-state index in [1.807, 2.05) is 17.8 Å². The molecule has 0 fully saturated rings. The second-order valence-electron chi connectivity index (χ2n) is 4.47. The molecule has 0 aliphatic rings. The summed E-state index contributed by atoms with van der Waals surface area (Å²) in [5.74, 6) is 0.122. The summed E-state index contributed by atoms with van der Waals surface area (Å²) in [5.41, 5.74) is 7.87. The Bertz CT molecular complexity index is 557. The zero-order chi connectivity index (χ0) is 14.5. The molecule has 0 radical (unpaired) electrons. The number of rotatable bonds is 6. The van der Waals surface area contributed by atoms with Crippen molar-refractivity contribution in [2.75, 3.05) is 0 Å². The lowest BCUT2D eigenvalue weighted by molar-refractivity contribution is -0.0498. The predicted molar refractivity (Wildman–Crippen MR) is 71.6 cm³/mol. The van der Waals surface area contributed by atoms with Crippen molar-refractivity contribution < 1.29 is 13.5 Å². The van der Waals surface area contributed by atoms with Crippen molar-refractivity contribution in [3.05, 3.63) is 47.8 Å². The van der Waals surface area contributed by atoms with Crippen LogP contribution in [-0.4, -0.2) is 16.4 Å². The summed E-state index contributed by atoms with van der Waals surface area (Å²) < 4.78 is 30.5. The molecular formula is C14H17F2N3O. The first kappa shape index (κ1) is 14.5. The van der Waals surface area contributed by atoms with Crippen molar-refractivity contribution >= 4 is 0 Å². The summed E-state index contributed by atoms with van der Waals surface area (Å²) in [6.07, 6.45) is 4.29. The zero-order valence-corrected chi connectivity index (χ0v) is 11.2. The van der Waals surface area contributed by atoms with E-state index in [0.717, 1.165) is 17.7 Å². The molecule has 1 aromatic carbocycles. The lowest BCUT2D eigenvalue weighted by Gasteiger charge is -2.12. The Hall–Kier alpha value is -1.95. The van der Waals surface area contributed by atoms with Gasteiger partial charge in [0.05, 0.1) is 6.20 Å². The van der Waals surface area contributed by atoms with E-state index < -0.39 is 6.61 Å². The fourth-order valence-electron chi connectivity index (χ4n) is 1.98. The van der Waals surface area contributed by atoms with Gasteiger partial charge in [-0.2, -0.15) is 13.9 Å². The Balaban J connectivity index is 2.06. The first-order valence-corrected chi connectivity index (χ1v) is 6.40. The maximum atomic E-state index is 12.2. The van der Waals surface area contributed by atoms with E-state index in [4.69, 9.17) is 5.73 Å². The summed E-state index contributed by atoms with van der Waals surface area (Å²) in [5, 5.41) is 4.18. The fourth-order valence-corrected chi connectivity index (χ4v) is 1.98. The third kappa shape index (κ3) is 3.77. The van der Waals surface area contributed by atoms with Gasteiger partial charge in [-0.25, -0.2) is 0 Å². The number of benzene rings is 1. The molecule has 1 atom stereocenters. The van der Waals surface area contributed by atoms with Crippen LogP contribution in [-0.2, 0) is 13.0 Å². The Labute approximate surface area is 116 Å². The van der Waals surface area contributed by atoms with Crippen LogP contribution in [0.4, 0.5) is 8.78 Å². The fraction of sp³-hybridized carbons (Fsp3) is 0.357. The molecule has 2 N–H and O–H groups in total. The molecule has 20 heavy (non-hydrogen) atoms. The Morgan fingerprint density at radius 2 is 2.20 bits per heavy atom. The van der Waals surface area contributed by atoms with E-state index in [-0.39, 0.29) is 11.8 Å². The van der Waals surface area contributed by atoms with E-state index in [9.17, 15) is 8.78 Å². The number of halogens is 2. The number of nitrogens with zero attached hydrogens (tertiary/aromatic N) is 2. The molecule has 108 valence electrons. The van der Waals surface area contributed by atoms with Crippen LogP contribution >= 0.6 is 0 Å². The first-order chi connectivity index (χ1) is 9.58. The number of nitrogens with two attached hydrogens (primary N) is 1. The van der Waals surface area contributed by atoms with Crippen LogP contribution < -0.4 is 10.5 Å². The van der Waals surface area contributed by atoms with Gasteiger partial charge in [-0.1, -0.05) is 12.1 Å². The van der Waals surface area contributed by atoms with Crippen LogP contribution in [0.3, 0.4) is 0 Å². The van der Waals surface area contributed by atoms with Crippen LogP contribution in [0.15, 0.2) is 36.7 Å². The van der Waals surface area contributed by atoms with Crippen LogP contribution in [0.5, 0.6) is 5.75 Å². The molecule has 0 spiro atoms. The van der Waals surface area contributed by atoms with Gasteiger partial charge < -0.3 is 10.5 Å². The smallest absolute Gasteiger partial charge is 0.387 e. The lowest BCUT2D eigenvalue weighted by Crippen LogP contribution is -2.13. The molecule has 4 nitrogen and oxygen atoms in total. The molecule has 0 saturated heterocycles. The number of hydrogen-bond acceptors (Lipinski definition) is 3. The third-order valence-corrected chi connectivity index (χ3v) is 2.98. The zero-order valence-electron chi connectivity index (χ0n) is 11.2. The van der Waals surface area contributed by atoms with Crippen LogP contribution in [0.25, 0.3) is 0 Å². The van der Waals surface area contributed by atoms with Crippen LogP contribution in [0.2, 0.25) is 0 Å². The molecule has 2 aromatic rings. The maximum absolute atomic E-state index is 12.2. The predicted octanol–water partition coefficient (Wildman–Crippen LogP) is 2.75. The minimum Gasteiger partial charge on any atom is -0.435 e. The lowest BCUT2D eigenvalue weighted by atomic mass is 10.0. The van der Waals surface area contributed by atoms with Crippen molar-refractivity contribution in [3.8, 4) is 5.75 Å². The van der Waals surface area contributed by atoms with Crippen molar-refractivity contribution in [2.24, 2.45) is 5.73 Å². The van der Waals surface area contributed by atoms with E-state index in [1.54, 1.807) is 24.4 Å². The van der Waals surface area contributed by atoms with Crippen LogP contribution in [0, 0.1) is 0 Å². The number of aryl methyl sites for hydroxylation is 1. The van der Waals surface area contributed by atoms with Crippen molar-refractivity contribution in [1.29, 1.82) is 0 Å². The van der Waals surface area contributed by atoms with Gasteiger partial charge in [0, 0.05) is 18.8 Å². The van der Waals surface area contributed by atoms with Crippen molar-refractivity contribution in [1.82, 2.24) is 9.78 Å². The second kappa shape index (κ2) is 6.47. The van der Waals surface area contributed by atoms with Gasteiger partial charge in [-0.15, -0.1) is 0 Å². The summed E-state index contributed by atoms with van der Waals surface area (Å²) in [6, 6.07) is 6.19. The summed E-state index contributed by atoms with van der Waals surface area (Å²) in [6.45, 7) is -0.0290. The molecule has 1 unspecified atom stereocenters. The topological polar surface area (TPSA) is 53.1 Å². The molecule has 0 saturated carbocycles. The number of alkyl halides is 2. The molecule has 1 heterocycles. The molecule has 0 aliphatic carbocycles. The average molecular weight is 281 g/mol. The van der Waals surface area contributed by atoms with E-state index in [2.05, 4.69) is 9.84 Å². The van der Waals surface area contributed by atoms with Gasteiger partial charge in [-0.05, 0) is 36.6 Å². The first-order valence-electron chi connectivity index (χ1n) is 6.40. The SMILES string of the molecule is CCn1cc(CC(N)c2cccc(OC(F)F)c2)cn1. The van der Waals surface area contributed by atoms with Crippen molar-refractivity contribution in [3.63, 3.8) is 0 Å². The Kier molecular flexibility index (Phi) is 4.68. The van der Waals surface area contributed by atoms with E-state index in [1.165, 1.54) is 6.07 Å². The highest BCUT2D eigenvalue weighted by atomic mass is 19.3. The number of ether oxygens (including phenoxy) is 1. The quantitative estimate of drug-likeness (QED) is 0.885. The van der Waals surface area contributed by atoms with Gasteiger partial charge in [0.1, 0.15) is 5.75 Å². The van der Waals surface area contributed by atoms with Gasteiger partial charge in [-0.3, -0.25) is 4.68 Å². The minimum atomic E-state index is -2.83.